The quantitative estimate of drug-likeness (QED) is 0.596. The number of alkyl halides is 1. The molecule has 0 aliphatic carbocycles. The third kappa shape index (κ3) is 3.09. The molecule has 0 saturated carbocycles. The van der Waals surface area contributed by atoms with Gasteiger partial charge in [-0.25, -0.2) is 0 Å². The van der Waals surface area contributed by atoms with Gasteiger partial charge in [-0.05, 0) is 63.8 Å². The number of benzene rings is 1. The number of halogens is 1. The number of ketones is 1. The summed E-state index contributed by atoms with van der Waals surface area (Å²) in [6.07, 6.45) is 2.20. The van der Waals surface area contributed by atoms with Crippen LogP contribution in [0, 0.1) is 0 Å². The van der Waals surface area contributed by atoms with Gasteiger partial charge in [0.25, 0.3) is 5.91 Å². The standard InChI is InChI=1S/C18H22BrNO3/c1-11-9-13-10-12(16(21)18(2,3)19)6-7-14(13)20(11)17(22)15-5-4-8-23-15/h6-7,10-11,15H,4-5,8-9H2,1-3H3. The third-order valence-corrected chi connectivity index (χ3v) is 4.90. The fourth-order valence-electron chi connectivity index (χ4n) is 3.38. The van der Waals surface area contributed by atoms with Crippen molar-refractivity contribution in [3.05, 3.63) is 29.3 Å². The zero-order valence-corrected chi connectivity index (χ0v) is 15.4. The van der Waals surface area contributed by atoms with Crippen molar-refractivity contribution in [2.75, 3.05) is 11.5 Å². The van der Waals surface area contributed by atoms with Crippen LogP contribution in [0.4, 0.5) is 5.69 Å². The molecule has 2 unspecified atom stereocenters. The number of amides is 1. The zero-order valence-electron chi connectivity index (χ0n) is 13.8. The highest BCUT2D eigenvalue weighted by molar-refractivity contribution is 9.10. The van der Waals surface area contributed by atoms with Crippen LogP contribution in [0.1, 0.15) is 49.5 Å². The molecular formula is C18H22BrNO3. The van der Waals surface area contributed by atoms with Gasteiger partial charge in [0, 0.05) is 23.9 Å². The van der Waals surface area contributed by atoms with E-state index in [0.717, 1.165) is 30.5 Å². The summed E-state index contributed by atoms with van der Waals surface area (Å²) in [5, 5.41) is 0. The van der Waals surface area contributed by atoms with Gasteiger partial charge in [0.1, 0.15) is 6.10 Å². The molecule has 23 heavy (non-hydrogen) atoms. The molecule has 124 valence electrons. The molecule has 0 radical (unpaired) electrons. The maximum Gasteiger partial charge on any atom is 0.256 e. The first-order valence-corrected chi connectivity index (χ1v) is 8.89. The highest BCUT2D eigenvalue weighted by Gasteiger charge is 2.37. The van der Waals surface area contributed by atoms with Gasteiger partial charge < -0.3 is 9.64 Å². The molecule has 1 aromatic carbocycles. The molecule has 1 fully saturated rings. The van der Waals surface area contributed by atoms with Crippen molar-refractivity contribution >= 4 is 33.3 Å². The molecule has 2 aliphatic heterocycles. The van der Waals surface area contributed by atoms with Crippen molar-refractivity contribution in [2.45, 2.75) is 56.5 Å². The fourth-order valence-corrected chi connectivity index (χ4v) is 3.61. The minimum Gasteiger partial charge on any atom is -0.368 e. The monoisotopic (exact) mass is 379 g/mol. The first kappa shape index (κ1) is 16.7. The largest absolute Gasteiger partial charge is 0.368 e. The van der Waals surface area contributed by atoms with Crippen molar-refractivity contribution in [1.82, 2.24) is 0 Å². The summed E-state index contributed by atoms with van der Waals surface area (Å²) in [6, 6.07) is 5.75. The number of fused-ring (bicyclic) bond motifs is 1. The highest BCUT2D eigenvalue weighted by Crippen LogP contribution is 2.35. The van der Waals surface area contributed by atoms with Crippen molar-refractivity contribution in [3.8, 4) is 0 Å². The van der Waals surface area contributed by atoms with Crippen molar-refractivity contribution in [1.29, 1.82) is 0 Å². The molecule has 5 heteroatoms. The zero-order chi connectivity index (χ0) is 16.8. The summed E-state index contributed by atoms with van der Waals surface area (Å²) in [7, 11) is 0. The molecule has 2 atom stereocenters. The number of nitrogens with zero attached hydrogens (tertiary/aromatic N) is 1. The van der Waals surface area contributed by atoms with Crippen LogP contribution < -0.4 is 4.90 Å². The molecule has 0 aromatic heterocycles. The topological polar surface area (TPSA) is 46.6 Å². The van der Waals surface area contributed by atoms with E-state index >= 15 is 0 Å². The Balaban J connectivity index is 1.89. The summed E-state index contributed by atoms with van der Waals surface area (Å²) in [4.78, 5) is 27.0. The van der Waals surface area contributed by atoms with Crippen LogP contribution in [-0.4, -0.2) is 34.8 Å². The van der Waals surface area contributed by atoms with E-state index < -0.39 is 4.32 Å². The minimum absolute atomic E-state index is 0.0497. The predicted molar refractivity (Wildman–Crippen MR) is 93.4 cm³/mol. The van der Waals surface area contributed by atoms with E-state index in [1.54, 1.807) is 0 Å². The molecule has 0 spiro atoms. The predicted octanol–water partition coefficient (Wildman–Crippen LogP) is 3.50. The fraction of sp³-hybridized carbons (Fsp3) is 0.556. The molecule has 0 bridgehead atoms. The van der Waals surface area contributed by atoms with Gasteiger partial charge >= 0.3 is 0 Å². The lowest BCUT2D eigenvalue weighted by Gasteiger charge is -2.25. The Hall–Kier alpha value is -1.20. The van der Waals surface area contributed by atoms with Gasteiger partial charge in [0.15, 0.2) is 5.78 Å². The first-order chi connectivity index (χ1) is 10.8. The minimum atomic E-state index is -0.585. The first-order valence-electron chi connectivity index (χ1n) is 8.10. The second-order valence-corrected chi connectivity index (χ2v) is 8.89. The summed E-state index contributed by atoms with van der Waals surface area (Å²) in [5.74, 6) is 0.102. The van der Waals surface area contributed by atoms with Crippen molar-refractivity contribution in [3.63, 3.8) is 0 Å². The van der Waals surface area contributed by atoms with Gasteiger partial charge in [-0.15, -0.1) is 0 Å². The van der Waals surface area contributed by atoms with Gasteiger partial charge in [0.2, 0.25) is 0 Å². The van der Waals surface area contributed by atoms with Crippen LogP contribution >= 0.6 is 15.9 Å². The van der Waals surface area contributed by atoms with Crippen LogP contribution in [0.25, 0.3) is 0 Å². The van der Waals surface area contributed by atoms with Crippen LogP contribution in [-0.2, 0) is 16.0 Å². The van der Waals surface area contributed by atoms with E-state index in [2.05, 4.69) is 15.9 Å². The molecule has 3 rings (SSSR count). The van der Waals surface area contributed by atoms with Gasteiger partial charge in [-0.2, -0.15) is 0 Å². The average molecular weight is 380 g/mol. The number of anilines is 1. The van der Waals surface area contributed by atoms with Crippen LogP contribution in [0.15, 0.2) is 18.2 Å². The van der Waals surface area contributed by atoms with Crippen LogP contribution in [0.2, 0.25) is 0 Å². The second-order valence-electron chi connectivity index (χ2n) is 6.91. The molecule has 0 N–H and O–H groups in total. The lowest BCUT2D eigenvalue weighted by atomic mass is 9.98. The summed E-state index contributed by atoms with van der Waals surface area (Å²) in [6.45, 7) is 6.40. The molecular weight excluding hydrogens is 358 g/mol. The lowest BCUT2D eigenvalue weighted by molar-refractivity contribution is -0.127. The number of Topliss-reactive ketones (excluding diaryl/α,β-unsaturated/α-hetero) is 1. The molecule has 2 heterocycles. The number of rotatable bonds is 3. The third-order valence-electron chi connectivity index (χ3n) is 4.54. The normalized spacial score (nSPS) is 23.9. The maximum atomic E-state index is 12.7. The van der Waals surface area contributed by atoms with Crippen LogP contribution in [0.3, 0.4) is 0 Å². The average Bonchev–Trinajstić information content (AvgIpc) is 3.10. The number of carbonyl (C=O) groups excluding carboxylic acids is 2. The van der Waals surface area contributed by atoms with E-state index in [1.165, 1.54) is 0 Å². The van der Waals surface area contributed by atoms with Crippen molar-refractivity contribution in [2.24, 2.45) is 0 Å². The molecule has 1 amide bonds. The van der Waals surface area contributed by atoms with Crippen LogP contribution in [0.5, 0.6) is 0 Å². The number of hydrogen-bond acceptors (Lipinski definition) is 3. The van der Waals surface area contributed by atoms with E-state index in [0.29, 0.717) is 12.2 Å². The van der Waals surface area contributed by atoms with Crippen molar-refractivity contribution < 1.29 is 14.3 Å². The molecule has 1 saturated heterocycles. The Kier molecular flexibility index (Phi) is 4.36. The lowest BCUT2D eigenvalue weighted by Crippen LogP contribution is -2.42. The Bertz CT molecular complexity index is 644. The number of ether oxygens (including phenoxy) is 1. The smallest absolute Gasteiger partial charge is 0.256 e. The van der Waals surface area contributed by atoms with E-state index in [1.807, 2.05) is 43.9 Å². The molecule has 1 aromatic rings. The van der Waals surface area contributed by atoms with Gasteiger partial charge in [-0.3, -0.25) is 9.59 Å². The Morgan fingerprint density at radius 1 is 1.35 bits per heavy atom. The SMILES string of the molecule is CC1Cc2cc(C(=O)C(C)(C)Br)ccc2N1C(=O)C1CCCO1. The molecule has 4 nitrogen and oxygen atoms in total. The number of hydrogen-bond donors (Lipinski definition) is 0. The summed E-state index contributed by atoms with van der Waals surface area (Å²) in [5.41, 5.74) is 2.66. The Morgan fingerprint density at radius 2 is 2.09 bits per heavy atom. The van der Waals surface area contributed by atoms with Gasteiger partial charge in [0.05, 0.1) is 4.32 Å². The summed E-state index contributed by atoms with van der Waals surface area (Å²) < 4.78 is 4.96. The molecule has 2 aliphatic rings. The number of carbonyl (C=O) groups is 2. The van der Waals surface area contributed by atoms with E-state index in [9.17, 15) is 9.59 Å². The van der Waals surface area contributed by atoms with Gasteiger partial charge in [-0.1, -0.05) is 15.9 Å². The Morgan fingerprint density at radius 3 is 2.70 bits per heavy atom. The highest BCUT2D eigenvalue weighted by atomic mass is 79.9. The summed E-state index contributed by atoms with van der Waals surface area (Å²) >= 11 is 3.42. The van der Waals surface area contributed by atoms with E-state index in [4.69, 9.17) is 4.74 Å². The second kappa shape index (κ2) is 6.02. The van der Waals surface area contributed by atoms with E-state index in [-0.39, 0.29) is 23.8 Å². The Labute approximate surface area is 145 Å². The maximum absolute atomic E-state index is 12.7.